The molecule has 3 heteroatoms. The minimum absolute atomic E-state index is 0.642. The lowest BCUT2D eigenvalue weighted by Gasteiger charge is -2.16. The topological polar surface area (TPSA) is 3.24 Å². The van der Waals surface area contributed by atoms with Crippen LogP contribution in [0.1, 0.15) is 13.8 Å². The van der Waals surface area contributed by atoms with E-state index in [0.717, 1.165) is 5.88 Å². The largest absolute Gasteiger partial charge is 0.366 e. The highest BCUT2D eigenvalue weighted by Crippen LogP contribution is 2.25. The molecule has 0 bridgehead atoms. The van der Waals surface area contributed by atoms with Crippen LogP contribution >= 0.6 is 24.4 Å². The Bertz CT molecular complexity index is 269. The summed E-state index contributed by atoms with van der Waals surface area (Å²) >= 11 is 6.12. The molecule has 0 fully saturated rings. The van der Waals surface area contributed by atoms with Crippen LogP contribution < -0.4 is 4.90 Å². The van der Waals surface area contributed by atoms with Crippen molar-refractivity contribution < 1.29 is 0 Å². The molecule has 1 aromatic rings. The lowest BCUT2D eigenvalue weighted by atomic mass is 10.3. The van der Waals surface area contributed by atoms with E-state index in [9.17, 15) is 0 Å². The Kier molecular flexibility index (Phi) is 4.69. The second-order valence-corrected chi connectivity index (χ2v) is 5.43. The Hall–Kier alpha value is -0.280. The number of thiol groups is 1. The van der Waals surface area contributed by atoms with Crippen molar-refractivity contribution in [1.82, 2.24) is 0 Å². The molecular formula is C11H17NS2. The van der Waals surface area contributed by atoms with Gasteiger partial charge >= 0.3 is 0 Å². The molecule has 0 N–H and O–H groups in total. The second kappa shape index (κ2) is 5.56. The molecule has 1 nitrogen and oxygen atoms in total. The number of hydrogen-bond donors (Lipinski definition) is 1. The molecule has 78 valence electrons. The maximum absolute atomic E-state index is 4.23. The summed E-state index contributed by atoms with van der Waals surface area (Å²) in [5.41, 5.74) is 1.22. The Morgan fingerprint density at radius 2 is 1.86 bits per heavy atom. The molecule has 0 atom stereocenters. The van der Waals surface area contributed by atoms with Crippen LogP contribution in [0, 0.1) is 0 Å². The Morgan fingerprint density at radius 1 is 1.29 bits per heavy atom. The van der Waals surface area contributed by atoms with Crippen molar-refractivity contribution >= 4 is 30.1 Å². The van der Waals surface area contributed by atoms with Gasteiger partial charge in [0.1, 0.15) is 0 Å². The lowest BCUT2D eigenvalue weighted by molar-refractivity contribution is 1.09. The monoisotopic (exact) mass is 227 g/mol. The molecule has 0 spiro atoms. The van der Waals surface area contributed by atoms with E-state index in [1.54, 1.807) is 0 Å². The number of benzene rings is 1. The van der Waals surface area contributed by atoms with Gasteiger partial charge in [-0.1, -0.05) is 13.8 Å². The van der Waals surface area contributed by atoms with E-state index in [1.165, 1.54) is 10.6 Å². The first-order chi connectivity index (χ1) is 6.63. The van der Waals surface area contributed by atoms with Crippen LogP contribution in [0.25, 0.3) is 0 Å². The highest BCUT2D eigenvalue weighted by atomic mass is 32.2. The van der Waals surface area contributed by atoms with Crippen molar-refractivity contribution in [3.05, 3.63) is 24.3 Å². The predicted octanol–water partition coefficient (Wildman–Crippen LogP) is 3.51. The molecule has 14 heavy (non-hydrogen) atoms. The first-order valence-corrected chi connectivity index (χ1v) is 6.23. The van der Waals surface area contributed by atoms with Crippen molar-refractivity contribution in [3.63, 3.8) is 0 Å². The molecule has 0 unspecified atom stereocenters. The molecule has 0 aromatic heterocycles. The third-order valence-corrected chi connectivity index (χ3v) is 3.30. The van der Waals surface area contributed by atoms with E-state index in [0.29, 0.717) is 5.25 Å². The average molecular weight is 227 g/mol. The Labute approximate surface area is 96.3 Å². The Morgan fingerprint density at radius 3 is 2.29 bits per heavy atom. The van der Waals surface area contributed by atoms with Gasteiger partial charge in [0.05, 0.1) is 5.88 Å². The average Bonchev–Trinajstić information content (AvgIpc) is 2.17. The fourth-order valence-electron chi connectivity index (χ4n) is 1.13. The molecule has 0 aliphatic heterocycles. The van der Waals surface area contributed by atoms with Crippen LogP contribution in [0.2, 0.25) is 0 Å². The molecule has 0 aliphatic rings. The van der Waals surface area contributed by atoms with Crippen molar-refractivity contribution in [2.75, 3.05) is 17.8 Å². The van der Waals surface area contributed by atoms with Crippen molar-refractivity contribution in [2.24, 2.45) is 0 Å². The zero-order valence-electron chi connectivity index (χ0n) is 8.90. The first kappa shape index (κ1) is 11.8. The van der Waals surface area contributed by atoms with Crippen LogP contribution in [0.15, 0.2) is 29.2 Å². The highest BCUT2D eigenvalue weighted by Gasteiger charge is 2.00. The van der Waals surface area contributed by atoms with Gasteiger partial charge in [0.15, 0.2) is 0 Å². The zero-order chi connectivity index (χ0) is 10.6. The summed E-state index contributed by atoms with van der Waals surface area (Å²) in [6.45, 7) is 4.41. The van der Waals surface area contributed by atoms with Gasteiger partial charge in [-0.15, -0.1) is 11.8 Å². The van der Waals surface area contributed by atoms with Gasteiger partial charge in [0, 0.05) is 22.9 Å². The minimum Gasteiger partial charge on any atom is -0.366 e. The van der Waals surface area contributed by atoms with E-state index >= 15 is 0 Å². The van der Waals surface area contributed by atoms with Crippen molar-refractivity contribution in [3.8, 4) is 0 Å². The minimum atomic E-state index is 0.642. The smallest absolute Gasteiger partial charge is 0.0606 e. The summed E-state index contributed by atoms with van der Waals surface area (Å²) in [4.78, 5) is 3.43. The fourth-order valence-corrected chi connectivity index (χ4v) is 2.13. The normalized spacial score (nSPS) is 10.6. The van der Waals surface area contributed by atoms with E-state index in [4.69, 9.17) is 0 Å². The van der Waals surface area contributed by atoms with Gasteiger partial charge in [-0.2, -0.15) is 12.6 Å². The molecule has 0 heterocycles. The molecule has 0 saturated carbocycles. The summed E-state index contributed by atoms with van der Waals surface area (Å²) in [6, 6.07) is 8.61. The molecule has 1 rings (SSSR count). The number of hydrogen-bond acceptors (Lipinski definition) is 3. The Balaban J connectivity index is 2.68. The summed E-state index contributed by atoms with van der Waals surface area (Å²) < 4.78 is 0. The van der Waals surface area contributed by atoms with Crippen LogP contribution in [0.4, 0.5) is 5.69 Å². The van der Waals surface area contributed by atoms with Gasteiger partial charge in [0.25, 0.3) is 0 Å². The van der Waals surface area contributed by atoms with E-state index in [-0.39, 0.29) is 0 Å². The van der Waals surface area contributed by atoms with Gasteiger partial charge in [0.2, 0.25) is 0 Å². The van der Waals surface area contributed by atoms with E-state index in [1.807, 2.05) is 18.8 Å². The van der Waals surface area contributed by atoms with Gasteiger partial charge in [-0.05, 0) is 24.3 Å². The van der Waals surface area contributed by atoms with Crippen molar-refractivity contribution in [1.29, 1.82) is 0 Å². The third-order valence-electron chi connectivity index (χ3n) is 1.86. The van der Waals surface area contributed by atoms with Gasteiger partial charge in [-0.3, -0.25) is 0 Å². The summed E-state index contributed by atoms with van der Waals surface area (Å²) in [5, 5.41) is 0.642. The molecule has 0 saturated heterocycles. The van der Waals surface area contributed by atoms with E-state index < -0.39 is 0 Å². The molecule has 0 amide bonds. The lowest BCUT2D eigenvalue weighted by Crippen LogP contribution is -2.13. The molecular weight excluding hydrogens is 210 g/mol. The SMILES string of the molecule is CC(C)Sc1ccc(N(C)CS)cc1. The van der Waals surface area contributed by atoms with E-state index in [2.05, 4.69) is 55.6 Å². The van der Waals surface area contributed by atoms with Crippen LogP contribution in [0.3, 0.4) is 0 Å². The maximum atomic E-state index is 4.23. The maximum Gasteiger partial charge on any atom is 0.0606 e. The first-order valence-electron chi connectivity index (χ1n) is 4.72. The zero-order valence-corrected chi connectivity index (χ0v) is 10.6. The van der Waals surface area contributed by atoms with Crippen LogP contribution in [-0.2, 0) is 0 Å². The molecule has 0 aliphatic carbocycles. The fraction of sp³-hybridized carbons (Fsp3) is 0.455. The number of anilines is 1. The van der Waals surface area contributed by atoms with Crippen LogP contribution in [0.5, 0.6) is 0 Å². The van der Waals surface area contributed by atoms with Crippen molar-refractivity contribution in [2.45, 2.75) is 24.0 Å². The number of rotatable bonds is 4. The third kappa shape index (κ3) is 3.46. The molecule has 1 aromatic carbocycles. The van der Waals surface area contributed by atoms with Gasteiger partial charge in [-0.25, -0.2) is 0 Å². The van der Waals surface area contributed by atoms with Gasteiger partial charge < -0.3 is 4.90 Å². The molecule has 0 radical (unpaired) electrons. The predicted molar refractivity (Wildman–Crippen MR) is 69.7 cm³/mol. The quantitative estimate of drug-likeness (QED) is 0.476. The standard InChI is InChI=1S/C11H17NS2/c1-9(2)14-11-6-4-10(5-7-11)12(3)8-13/h4-7,9,13H,8H2,1-3H3. The number of nitrogens with zero attached hydrogens (tertiary/aromatic N) is 1. The summed E-state index contributed by atoms with van der Waals surface area (Å²) in [6.07, 6.45) is 0. The summed E-state index contributed by atoms with van der Waals surface area (Å²) in [5.74, 6) is 0.747. The van der Waals surface area contributed by atoms with Crippen LogP contribution in [-0.4, -0.2) is 18.2 Å². The number of thioether (sulfide) groups is 1. The second-order valence-electron chi connectivity index (χ2n) is 3.50. The highest BCUT2D eigenvalue weighted by molar-refractivity contribution is 7.99. The summed E-state index contributed by atoms with van der Waals surface area (Å²) in [7, 11) is 2.04.